The molecule has 0 radical (unpaired) electrons. The van der Waals surface area contributed by atoms with Crippen LogP contribution in [-0.4, -0.2) is 68.8 Å². The lowest BCUT2D eigenvalue weighted by atomic mass is 10.1. The fourth-order valence-electron chi connectivity index (χ4n) is 4.12. The molecule has 0 saturated carbocycles. The van der Waals surface area contributed by atoms with Gasteiger partial charge in [0.15, 0.2) is 11.5 Å². The van der Waals surface area contributed by atoms with Crippen molar-refractivity contribution in [3.63, 3.8) is 0 Å². The number of anilines is 1. The summed E-state index contributed by atoms with van der Waals surface area (Å²) in [6, 6.07) is 14.0. The van der Waals surface area contributed by atoms with Crippen molar-refractivity contribution in [1.29, 1.82) is 0 Å². The van der Waals surface area contributed by atoms with E-state index in [4.69, 9.17) is 23.4 Å². The van der Waals surface area contributed by atoms with E-state index < -0.39 is 11.6 Å². The molecular formula is C30H39N3O7. The summed E-state index contributed by atoms with van der Waals surface area (Å²) in [5, 5.41) is 2.88. The van der Waals surface area contributed by atoms with E-state index in [1.807, 2.05) is 45.0 Å². The van der Waals surface area contributed by atoms with Crippen LogP contribution in [0.15, 0.2) is 59.2 Å². The zero-order valence-corrected chi connectivity index (χ0v) is 24.3. The number of carbonyl (C=O) groups is 2. The maximum Gasteiger partial charge on any atom is 0.322 e. The van der Waals surface area contributed by atoms with Crippen molar-refractivity contribution >= 4 is 17.6 Å². The highest BCUT2D eigenvalue weighted by molar-refractivity contribution is 5.94. The van der Waals surface area contributed by atoms with Crippen molar-refractivity contribution in [2.45, 2.75) is 39.3 Å². The van der Waals surface area contributed by atoms with E-state index in [1.165, 1.54) is 12.0 Å². The van der Waals surface area contributed by atoms with E-state index in [9.17, 15) is 9.59 Å². The Kier molecular flexibility index (Phi) is 10.3. The summed E-state index contributed by atoms with van der Waals surface area (Å²) in [4.78, 5) is 30.4. The third-order valence-electron chi connectivity index (χ3n) is 6.40. The van der Waals surface area contributed by atoms with Crippen LogP contribution in [0.25, 0.3) is 0 Å². The SMILES string of the molecule is COc1ccc(NC(=O)N(CC(=O)N(CCc2ccc(OC)c(OC)c2)Cc2ccco2)C(C)(C)C)c(OC)c1. The smallest absolute Gasteiger partial charge is 0.322 e. The van der Waals surface area contributed by atoms with Gasteiger partial charge in [0.05, 0.1) is 46.9 Å². The van der Waals surface area contributed by atoms with Crippen LogP contribution >= 0.6 is 0 Å². The van der Waals surface area contributed by atoms with Gasteiger partial charge in [0, 0.05) is 18.2 Å². The fraction of sp³-hybridized carbons (Fsp3) is 0.400. The molecule has 1 heterocycles. The Balaban J connectivity index is 1.80. The summed E-state index contributed by atoms with van der Waals surface area (Å²) in [6.45, 7) is 6.18. The van der Waals surface area contributed by atoms with E-state index in [0.717, 1.165) is 5.56 Å². The molecule has 0 fully saturated rings. The predicted octanol–water partition coefficient (Wildman–Crippen LogP) is 5.22. The minimum absolute atomic E-state index is 0.138. The lowest BCUT2D eigenvalue weighted by Crippen LogP contribution is -2.52. The standard InChI is InChI=1S/C30H39N3O7/c1-30(2,3)33(29(35)31-24-12-11-22(36-4)18-26(24)38-6)20-28(34)32(19-23-9-8-16-40-23)15-14-21-10-13-25(37-5)27(17-21)39-7/h8-13,16-18H,14-15,19-20H2,1-7H3,(H,31,35). The topological polar surface area (TPSA) is 103 Å². The maximum atomic E-state index is 13.7. The molecule has 3 aromatic rings. The monoisotopic (exact) mass is 553 g/mol. The molecule has 0 bridgehead atoms. The minimum atomic E-state index is -0.654. The van der Waals surface area contributed by atoms with E-state index in [1.54, 1.807) is 56.8 Å². The van der Waals surface area contributed by atoms with E-state index in [2.05, 4.69) is 5.32 Å². The molecule has 2 aromatic carbocycles. The average molecular weight is 554 g/mol. The number of nitrogens with one attached hydrogen (secondary N) is 1. The molecule has 1 N–H and O–H groups in total. The first-order valence-electron chi connectivity index (χ1n) is 12.9. The molecule has 0 aliphatic carbocycles. The lowest BCUT2D eigenvalue weighted by Gasteiger charge is -2.36. The second-order valence-corrected chi connectivity index (χ2v) is 10.1. The van der Waals surface area contributed by atoms with Crippen molar-refractivity contribution < 1.29 is 33.0 Å². The van der Waals surface area contributed by atoms with Gasteiger partial charge in [-0.25, -0.2) is 4.79 Å². The van der Waals surface area contributed by atoms with Crippen molar-refractivity contribution in [3.05, 3.63) is 66.1 Å². The van der Waals surface area contributed by atoms with E-state index in [-0.39, 0.29) is 19.0 Å². The van der Waals surface area contributed by atoms with Gasteiger partial charge in [0.2, 0.25) is 5.91 Å². The number of benzene rings is 2. The third-order valence-corrected chi connectivity index (χ3v) is 6.40. The molecule has 0 spiro atoms. The summed E-state index contributed by atoms with van der Waals surface area (Å²) in [7, 11) is 6.24. The molecule has 0 atom stereocenters. The number of carbonyl (C=O) groups excluding carboxylic acids is 2. The van der Waals surface area contributed by atoms with Gasteiger partial charge in [0.1, 0.15) is 23.8 Å². The van der Waals surface area contributed by atoms with Crippen LogP contribution in [0, 0.1) is 0 Å². The van der Waals surface area contributed by atoms with E-state index >= 15 is 0 Å². The molecule has 10 nitrogen and oxygen atoms in total. The molecule has 0 unspecified atom stereocenters. The summed E-state index contributed by atoms with van der Waals surface area (Å²) < 4.78 is 27.0. The fourth-order valence-corrected chi connectivity index (χ4v) is 4.12. The van der Waals surface area contributed by atoms with Crippen LogP contribution in [0.2, 0.25) is 0 Å². The number of urea groups is 1. The number of rotatable bonds is 12. The second kappa shape index (κ2) is 13.6. The zero-order chi connectivity index (χ0) is 29.3. The zero-order valence-electron chi connectivity index (χ0n) is 24.3. The molecule has 216 valence electrons. The summed E-state index contributed by atoms with van der Waals surface area (Å²) in [6.07, 6.45) is 2.14. The van der Waals surface area contributed by atoms with Crippen LogP contribution in [0.3, 0.4) is 0 Å². The lowest BCUT2D eigenvalue weighted by molar-refractivity contribution is -0.133. The highest BCUT2D eigenvalue weighted by Crippen LogP contribution is 2.30. The Morgan fingerprint density at radius 2 is 1.60 bits per heavy atom. The number of hydrogen-bond acceptors (Lipinski definition) is 7. The molecule has 3 rings (SSSR count). The first kappa shape index (κ1) is 30.2. The van der Waals surface area contributed by atoms with Crippen molar-refractivity contribution in [2.75, 3.05) is 46.8 Å². The van der Waals surface area contributed by atoms with Crippen LogP contribution in [0.1, 0.15) is 32.1 Å². The normalized spacial score (nSPS) is 11.0. The quantitative estimate of drug-likeness (QED) is 0.328. The Labute approximate surface area is 235 Å². The van der Waals surface area contributed by atoms with Gasteiger partial charge in [0.25, 0.3) is 0 Å². The molecule has 0 aliphatic rings. The van der Waals surface area contributed by atoms with Gasteiger partial charge in [-0.3, -0.25) is 4.79 Å². The maximum absolute atomic E-state index is 13.7. The number of methoxy groups -OCH3 is 4. The number of ether oxygens (including phenoxy) is 4. The molecule has 1 aromatic heterocycles. The Morgan fingerprint density at radius 3 is 2.20 bits per heavy atom. The molecule has 3 amide bonds. The molecular weight excluding hydrogens is 514 g/mol. The van der Waals surface area contributed by atoms with Crippen LogP contribution in [0.4, 0.5) is 10.5 Å². The third kappa shape index (κ3) is 7.84. The summed E-state index contributed by atoms with van der Waals surface area (Å²) in [5.74, 6) is 2.73. The molecule has 0 saturated heterocycles. The highest BCUT2D eigenvalue weighted by Gasteiger charge is 2.31. The van der Waals surface area contributed by atoms with Crippen LogP contribution in [0.5, 0.6) is 23.0 Å². The first-order valence-corrected chi connectivity index (χ1v) is 12.9. The molecule has 10 heteroatoms. The van der Waals surface area contributed by atoms with E-state index in [0.29, 0.717) is 47.4 Å². The largest absolute Gasteiger partial charge is 0.497 e. The van der Waals surface area contributed by atoms with Crippen molar-refractivity contribution in [2.24, 2.45) is 0 Å². The van der Waals surface area contributed by atoms with Crippen molar-refractivity contribution in [1.82, 2.24) is 9.80 Å². The number of furan rings is 1. The summed E-state index contributed by atoms with van der Waals surface area (Å²) in [5.41, 5.74) is 0.793. The first-order chi connectivity index (χ1) is 19.1. The Bertz CT molecular complexity index is 1270. The number of amides is 3. The minimum Gasteiger partial charge on any atom is -0.497 e. The molecule has 0 aliphatic heterocycles. The predicted molar refractivity (Wildman–Crippen MR) is 152 cm³/mol. The summed E-state index contributed by atoms with van der Waals surface area (Å²) >= 11 is 0. The van der Waals surface area contributed by atoms with Gasteiger partial charge in [-0.1, -0.05) is 6.07 Å². The van der Waals surface area contributed by atoms with Crippen LogP contribution < -0.4 is 24.3 Å². The van der Waals surface area contributed by atoms with Gasteiger partial charge >= 0.3 is 6.03 Å². The van der Waals surface area contributed by atoms with Gasteiger partial charge in [-0.2, -0.15) is 0 Å². The highest BCUT2D eigenvalue weighted by atomic mass is 16.5. The Hall–Kier alpha value is -4.34. The van der Waals surface area contributed by atoms with Gasteiger partial charge < -0.3 is 38.5 Å². The van der Waals surface area contributed by atoms with Gasteiger partial charge in [-0.05, 0) is 69.2 Å². The van der Waals surface area contributed by atoms with Crippen LogP contribution in [-0.2, 0) is 17.8 Å². The number of hydrogen-bond donors (Lipinski definition) is 1. The Morgan fingerprint density at radius 1 is 0.875 bits per heavy atom. The average Bonchev–Trinajstić information content (AvgIpc) is 3.46. The van der Waals surface area contributed by atoms with Crippen molar-refractivity contribution in [3.8, 4) is 23.0 Å². The molecule has 40 heavy (non-hydrogen) atoms. The second-order valence-electron chi connectivity index (χ2n) is 10.1. The number of nitrogens with zero attached hydrogens (tertiary/aromatic N) is 2. The van der Waals surface area contributed by atoms with Gasteiger partial charge in [-0.15, -0.1) is 0 Å².